The molecular formula is C17H13ClN2O2S. The fourth-order valence-electron chi connectivity index (χ4n) is 2.05. The van der Waals surface area contributed by atoms with E-state index < -0.39 is 0 Å². The molecule has 0 spiro atoms. The number of amidine groups is 1. The summed E-state index contributed by atoms with van der Waals surface area (Å²) < 4.78 is 5.26. The lowest BCUT2D eigenvalue weighted by molar-refractivity contribution is -0.115. The lowest BCUT2D eigenvalue weighted by Crippen LogP contribution is -2.19. The first-order valence-corrected chi connectivity index (χ1v) is 8.04. The largest absolute Gasteiger partial charge is 0.494 e. The number of amides is 1. The second kappa shape index (κ2) is 6.89. The highest BCUT2D eigenvalue weighted by Gasteiger charge is 2.24. The molecule has 1 amide bonds. The summed E-state index contributed by atoms with van der Waals surface area (Å²) in [5, 5.41) is 3.86. The Bertz CT molecular complexity index is 818. The predicted octanol–water partition coefficient (Wildman–Crippen LogP) is 4.24. The minimum Gasteiger partial charge on any atom is -0.494 e. The van der Waals surface area contributed by atoms with E-state index in [1.807, 2.05) is 42.5 Å². The van der Waals surface area contributed by atoms with Crippen molar-refractivity contribution in [2.45, 2.75) is 0 Å². The molecule has 0 aliphatic carbocycles. The number of hydrogen-bond acceptors (Lipinski definition) is 4. The molecule has 1 aliphatic heterocycles. The van der Waals surface area contributed by atoms with E-state index in [-0.39, 0.29) is 5.91 Å². The van der Waals surface area contributed by atoms with Gasteiger partial charge in [0, 0.05) is 5.02 Å². The van der Waals surface area contributed by atoms with Crippen LogP contribution in [0.4, 0.5) is 5.69 Å². The fraction of sp³-hybridized carbons (Fsp3) is 0.0588. The SMILES string of the molecule is COc1ccccc1N=C1NC(=O)C(=Cc2ccccc2Cl)S1. The summed E-state index contributed by atoms with van der Waals surface area (Å²) in [6, 6.07) is 14.7. The Morgan fingerprint density at radius 3 is 2.70 bits per heavy atom. The van der Waals surface area contributed by atoms with Crippen LogP contribution in [0.25, 0.3) is 6.08 Å². The summed E-state index contributed by atoms with van der Waals surface area (Å²) in [4.78, 5) is 17.1. The van der Waals surface area contributed by atoms with E-state index in [1.54, 1.807) is 19.3 Å². The first-order valence-electron chi connectivity index (χ1n) is 6.84. The van der Waals surface area contributed by atoms with Gasteiger partial charge < -0.3 is 10.1 Å². The number of thioether (sulfide) groups is 1. The van der Waals surface area contributed by atoms with Crippen LogP contribution in [0.2, 0.25) is 5.02 Å². The molecule has 0 unspecified atom stereocenters. The Hall–Kier alpha value is -2.24. The molecule has 2 aromatic carbocycles. The van der Waals surface area contributed by atoms with Crippen LogP contribution in [0.3, 0.4) is 0 Å². The van der Waals surface area contributed by atoms with E-state index in [0.717, 1.165) is 5.56 Å². The maximum atomic E-state index is 12.1. The van der Waals surface area contributed by atoms with Gasteiger partial charge in [-0.2, -0.15) is 0 Å². The van der Waals surface area contributed by atoms with Crippen molar-refractivity contribution in [3.05, 3.63) is 64.0 Å². The molecule has 0 atom stereocenters. The standard InChI is InChI=1S/C17H13ClN2O2S/c1-22-14-9-5-4-8-13(14)19-17-20-16(21)15(23-17)10-11-6-2-3-7-12(11)18/h2-10H,1H3,(H,19,20,21). The van der Waals surface area contributed by atoms with Crippen molar-refractivity contribution in [3.63, 3.8) is 0 Å². The summed E-state index contributed by atoms with van der Waals surface area (Å²) >= 11 is 7.40. The summed E-state index contributed by atoms with van der Waals surface area (Å²) in [6.45, 7) is 0. The molecule has 1 heterocycles. The van der Waals surface area contributed by atoms with Crippen LogP contribution in [0.15, 0.2) is 58.4 Å². The van der Waals surface area contributed by atoms with Crippen LogP contribution in [-0.2, 0) is 4.79 Å². The van der Waals surface area contributed by atoms with Crippen molar-refractivity contribution >= 4 is 46.2 Å². The van der Waals surface area contributed by atoms with Gasteiger partial charge >= 0.3 is 0 Å². The molecule has 0 saturated carbocycles. The van der Waals surface area contributed by atoms with Crippen molar-refractivity contribution in [3.8, 4) is 5.75 Å². The molecule has 0 radical (unpaired) electrons. The molecule has 0 aromatic heterocycles. The smallest absolute Gasteiger partial charge is 0.264 e. The lowest BCUT2D eigenvalue weighted by Gasteiger charge is -2.03. The van der Waals surface area contributed by atoms with Gasteiger partial charge in [0.15, 0.2) is 5.17 Å². The summed E-state index contributed by atoms with van der Waals surface area (Å²) in [5.74, 6) is 0.460. The highest BCUT2D eigenvalue weighted by Crippen LogP contribution is 2.32. The maximum Gasteiger partial charge on any atom is 0.264 e. The normalized spacial score (nSPS) is 17.6. The number of nitrogens with one attached hydrogen (secondary N) is 1. The minimum absolute atomic E-state index is 0.191. The Morgan fingerprint density at radius 1 is 1.17 bits per heavy atom. The Balaban J connectivity index is 1.88. The highest BCUT2D eigenvalue weighted by molar-refractivity contribution is 8.18. The third-order valence-corrected chi connectivity index (χ3v) is 4.40. The topological polar surface area (TPSA) is 50.7 Å². The van der Waals surface area contributed by atoms with Crippen LogP contribution in [0.1, 0.15) is 5.56 Å². The maximum absolute atomic E-state index is 12.1. The highest BCUT2D eigenvalue weighted by atomic mass is 35.5. The van der Waals surface area contributed by atoms with Gasteiger partial charge in [-0.25, -0.2) is 4.99 Å². The van der Waals surface area contributed by atoms with E-state index in [9.17, 15) is 4.79 Å². The van der Waals surface area contributed by atoms with Crippen molar-refractivity contribution < 1.29 is 9.53 Å². The zero-order valence-corrected chi connectivity index (χ0v) is 13.8. The van der Waals surface area contributed by atoms with E-state index in [4.69, 9.17) is 16.3 Å². The molecule has 1 saturated heterocycles. The monoisotopic (exact) mass is 344 g/mol. The number of nitrogens with zero attached hydrogens (tertiary/aromatic N) is 1. The first-order chi connectivity index (χ1) is 11.2. The number of benzene rings is 2. The van der Waals surface area contributed by atoms with Crippen LogP contribution < -0.4 is 10.1 Å². The molecule has 2 aromatic rings. The van der Waals surface area contributed by atoms with Gasteiger partial charge in [0.1, 0.15) is 11.4 Å². The molecule has 4 nitrogen and oxygen atoms in total. The lowest BCUT2D eigenvalue weighted by atomic mass is 10.2. The van der Waals surface area contributed by atoms with Crippen molar-refractivity contribution in [2.75, 3.05) is 7.11 Å². The molecule has 116 valence electrons. The molecular weight excluding hydrogens is 332 g/mol. The van der Waals surface area contributed by atoms with Crippen molar-refractivity contribution in [1.29, 1.82) is 0 Å². The van der Waals surface area contributed by atoms with E-state index in [2.05, 4.69) is 10.3 Å². The Kier molecular flexibility index (Phi) is 4.69. The average molecular weight is 345 g/mol. The summed E-state index contributed by atoms with van der Waals surface area (Å²) in [7, 11) is 1.59. The quantitative estimate of drug-likeness (QED) is 0.847. The fourth-order valence-corrected chi connectivity index (χ4v) is 3.06. The number of para-hydroxylation sites is 2. The molecule has 1 aliphatic rings. The van der Waals surface area contributed by atoms with Crippen LogP contribution in [-0.4, -0.2) is 18.2 Å². The summed E-state index contributed by atoms with van der Waals surface area (Å²) in [6.07, 6.45) is 1.76. The number of hydrogen-bond donors (Lipinski definition) is 1. The van der Waals surface area contributed by atoms with Crippen LogP contribution in [0, 0.1) is 0 Å². The number of ether oxygens (including phenoxy) is 1. The minimum atomic E-state index is -0.191. The zero-order chi connectivity index (χ0) is 16.2. The molecule has 6 heteroatoms. The number of halogens is 1. The van der Waals surface area contributed by atoms with Gasteiger partial charge in [-0.1, -0.05) is 41.9 Å². The van der Waals surface area contributed by atoms with Crippen LogP contribution >= 0.6 is 23.4 Å². The number of aliphatic imine (C=N–C) groups is 1. The van der Waals surface area contributed by atoms with Crippen LogP contribution in [0.5, 0.6) is 5.75 Å². The van der Waals surface area contributed by atoms with Gasteiger partial charge in [0.2, 0.25) is 0 Å². The molecule has 3 rings (SSSR count). The van der Waals surface area contributed by atoms with Crippen molar-refractivity contribution in [1.82, 2.24) is 5.32 Å². The van der Waals surface area contributed by atoms with E-state index in [1.165, 1.54) is 11.8 Å². The molecule has 1 fully saturated rings. The second-order valence-corrected chi connectivity index (χ2v) is 6.11. The van der Waals surface area contributed by atoms with E-state index in [0.29, 0.717) is 26.5 Å². The number of rotatable bonds is 3. The molecule has 0 bridgehead atoms. The number of carbonyl (C=O) groups is 1. The number of carbonyl (C=O) groups excluding carboxylic acids is 1. The Morgan fingerprint density at radius 2 is 1.91 bits per heavy atom. The second-order valence-electron chi connectivity index (χ2n) is 4.68. The van der Waals surface area contributed by atoms with Gasteiger partial charge in [-0.05, 0) is 41.6 Å². The average Bonchev–Trinajstić information content (AvgIpc) is 2.89. The van der Waals surface area contributed by atoms with Crippen molar-refractivity contribution in [2.24, 2.45) is 4.99 Å². The molecule has 1 N–H and O–H groups in total. The zero-order valence-electron chi connectivity index (χ0n) is 12.2. The van der Waals surface area contributed by atoms with E-state index >= 15 is 0 Å². The van der Waals surface area contributed by atoms with Gasteiger partial charge in [0.25, 0.3) is 5.91 Å². The third-order valence-electron chi connectivity index (χ3n) is 3.15. The first kappa shape index (κ1) is 15.6. The predicted molar refractivity (Wildman–Crippen MR) is 95.3 cm³/mol. The van der Waals surface area contributed by atoms with Gasteiger partial charge in [-0.3, -0.25) is 4.79 Å². The van der Waals surface area contributed by atoms with Gasteiger partial charge in [-0.15, -0.1) is 0 Å². The number of methoxy groups -OCH3 is 1. The Labute approximate surface area is 143 Å². The summed E-state index contributed by atoms with van der Waals surface area (Å²) in [5.41, 5.74) is 1.46. The van der Waals surface area contributed by atoms with Gasteiger partial charge in [0.05, 0.1) is 12.0 Å². The molecule has 23 heavy (non-hydrogen) atoms. The third kappa shape index (κ3) is 3.57.